The quantitative estimate of drug-likeness (QED) is 0.864. The second-order valence-electron chi connectivity index (χ2n) is 7.38. The molecule has 2 N–H and O–H groups in total. The number of benzene rings is 1. The lowest BCUT2D eigenvalue weighted by Crippen LogP contribution is -2.49. The van der Waals surface area contributed by atoms with E-state index in [2.05, 4.69) is 15.5 Å². The predicted octanol–water partition coefficient (Wildman–Crippen LogP) is 2.97. The lowest BCUT2D eigenvalue weighted by atomic mass is 9.73. The number of halogens is 1. The molecule has 2 heterocycles. The van der Waals surface area contributed by atoms with Crippen molar-refractivity contribution in [1.82, 2.24) is 10.2 Å². The number of amides is 2. The molecule has 1 aromatic carbocycles. The van der Waals surface area contributed by atoms with Crippen molar-refractivity contribution in [3.05, 3.63) is 28.8 Å². The summed E-state index contributed by atoms with van der Waals surface area (Å²) in [7, 11) is 0. The fourth-order valence-electron chi connectivity index (χ4n) is 3.67. The Hall–Kier alpha value is -1.59. The predicted molar refractivity (Wildman–Crippen MR) is 99.8 cm³/mol. The van der Waals surface area contributed by atoms with Crippen molar-refractivity contribution in [2.75, 3.05) is 31.5 Å². The van der Waals surface area contributed by atoms with Crippen LogP contribution >= 0.6 is 11.6 Å². The Kier molecular flexibility index (Phi) is 5.64. The van der Waals surface area contributed by atoms with E-state index in [1.165, 1.54) is 0 Å². The molecule has 2 fully saturated rings. The number of piperidine rings is 2. The van der Waals surface area contributed by atoms with Crippen LogP contribution in [0.2, 0.25) is 5.02 Å². The van der Waals surface area contributed by atoms with Gasteiger partial charge in [0.25, 0.3) is 0 Å². The molecule has 0 atom stereocenters. The molecule has 0 bridgehead atoms. The van der Waals surface area contributed by atoms with Gasteiger partial charge in [0.2, 0.25) is 11.8 Å². The van der Waals surface area contributed by atoms with Crippen LogP contribution in [0.15, 0.2) is 18.2 Å². The number of carbonyl (C=O) groups excluding carboxylic acids is 2. The van der Waals surface area contributed by atoms with Crippen LogP contribution in [0.5, 0.6) is 0 Å². The van der Waals surface area contributed by atoms with Gasteiger partial charge in [0.05, 0.1) is 0 Å². The Labute approximate surface area is 154 Å². The van der Waals surface area contributed by atoms with E-state index in [1.54, 1.807) is 6.07 Å². The van der Waals surface area contributed by atoms with Crippen molar-refractivity contribution < 1.29 is 9.59 Å². The molecule has 0 radical (unpaired) electrons. The van der Waals surface area contributed by atoms with Gasteiger partial charge in [0, 0.05) is 36.6 Å². The van der Waals surface area contributed by atoms with E-state index in [0.717, 1.165) is 56.7 Å². The monoisotopic (exact) mass is 363 g/mol. The van der Waals surface area contributed by atoms with Crippen LogP contribution in [-0.2, 0) is 9.59 Å². The van der Waals surface area contributed by atoms with Crippen LogP contribution in [0.1, 0.15) is 37.7 Å². The van der Waals surface area contributed by atoms with Gasteiger partial charge in [-0.2, -0.15) is 0 Å². The van der Waals surface area contributed by atoms with Gasteiger partial charge >= 0.3 is 0 Å². The molecule has 2 saturated heterocycles. The zero-order valence-electron chi connectivity index (χ0n) is 14.7. The number of likely N-dealkylation sites (tertiary alicyclic amines) is 1. The summed E-state index contributed by atoms with van der Waals surface area (Å²) < 4.78 is 0. The summed E-state index contributed by atoms with van der Waals surface area (Å²) in [6.07, 6.45) is 4.34. The highest BCUT2D eigenvalue weighted by molar-refractivity contribution is 6.31. The molecule has 6 heteroatoms. The van der Waals surface area contributed by atoms with E-state index in [1.807, 2.05) is 19.1 Å². The maximum absolute atomic E-state index is 12.2. The molecular formula is C19H26ClN3O2. The van der Waals surface area contributed by atoms with Crippen LogP contribution in [0.4, 0.5) is 5.69 Å². The average molecular weight is 364 g/mol. The van der Waals surface area contributed by atoms with E-state index >= 15 is 0 Å². The summed E-state index contributed by atoms with van der Waals surface area (Å²) in [6.45, 7) is 5.52. The first-order valence-corrected chi connectivity index (χ1v) is 9.39. The maximum atomic E-state index is 12.2. The van der Waals surface area contributed by atoms with Crippen molar-refractivity contribution in [2.24, 2.45) is 5.41 Å². The SMILES string of the molecule is Cc1ccc(NC(=O)CCN2CCC3(CCC(=O)NC3)CC2)cc1Cl. The molecule has 25 heavy (non-hydrogen) atoms. The fourth-order valence-corrected chi connectivity index (χ4v) is 3.85. The van der Waals surface area contributed by atoms with Gasteiger partial charge < -0.3 is 15.5 Å². The zero-order valence-corrected chi connectivity index (χ0v) is 15.5. The lowest BCUT2D eigenvalue weighted by Gasteiger charge is -2.44. The Morgan fingerprint density at radius 2 is 2.08 bits per heavy atom. The van der Waals surface area contributed by atoms with Crippen molar-refractivity contribution in [1.29, 1.82) is 0 Å². The van der Waals surface area contributed by atoms with E-state index in [9.17, 15) is 9.59 Å². The number of anilines is 1. The molecule has 1 aromatic rings. The third kappa shape index (κ3) is 4.73. The van der Waals surface area contributed by atoms with E-state index in [4.69, 9.17) is 11.6 Å². The van der Waals surface area contributed by atoms with Crippen molar-refractivity contribution >= 4 is 29.1 Å². The molecule has 136 valence electrons. The van der Waals surface area contributed by atoms with Crippen molar-refractivity contribution in [3.8, 4) is 0 Å². The molecule has 1 spiro atoms. The molecule has 2 aliphatic rings. The normalized spacial score (nSPS) is 20.3. The van der Waals surface area contributed by atoms with Gasteiger partial charge in [-0.15, -0.1) is 0 Å². The van der Waals surface area contributed by atoms with Crippen LogP contribution in [-0.4, -0.2) is 42.9 Å². The number of carbonyl (C=O) groups is 2. The first kappa shape index (κ1) is 18.2. The van der Waals surface area contributed by atoms with Gasteiger partial charge in [-0.1, -0.05) is 17.7 Å². The first-order valence-electron chi connectivity index (χ1n) is 9.01. The number of rotatable bonds is 4. The van der Waals surface area contributed by atoms with E-state index in [-0.39, 0.29) is 17.2 Å². The van der Waals surface area contributed by atoms with Crippen molar-refractivity contribution in [2.45, 2.75) is 39.0 Å². The van der Waals surface area contributed by atoms with E-state index in [0.29, 0.717) is 17.9 Å². The van der Waals surface area contributed by atoms with Crippen LogP contribution in [0.25, 0.3) is 0 Å². The minimum Gasteiger partial charge on any atom is -0.356 e. The zero-order chi connectivity index (χ0) is 17.9. The summed E-state index contributed by atoms with van der Waals surface area (Å²) in [5, 5.41) is 6.59. The highest BCUT2D eigenvalue weighted by Gasteiger charge is 2.37. The maximum Gasteiger partial charge on any atom is 0.225 e. The highest BCUT2D eigenvalue weighted by atomic mass is 35.5. The summed E-state index contributed by atoms with van der Waals surface area (Å²) in [4.78, 5) is 25.9. The lowest BCUT2D eigenvalue weighted by molar-refractivity contribution is -0.125. The van der Waals surface area contributed by atoms with Gasteiger partial charge in [-0.05, 0) is 62.4 Å². The summed E-state index contributed by atoms with van der Waals surface area (Å²) in [6, 6.07) is 5.57. The molecular weight excluding hydrogens is 338 g/mol. The second kappa shape index (κ2) is 7.75. The molecule has 5 nitrogen and oxygen atoms in total. The second-order valence-corrected chi connectivity index (χ2v) is 7.79. The van der Waals surface area contributed by atoms with Gasteiger partial charge in [-0.25, -0.2) is 0 Å². The van der Waals surface area contributed by atoms with Gasteiger partial charge in [-0.3, -0.25) is 9.59 Å². The molecule has 2 amide bonds. The Balaban J connectivity index is 1.41. The number of hydrogen-bond acceptors (Lipinski definition) is 3. The summed E-state index contributed by atoms with van der Waals surface area (Å²) in [5.74, 6) is 0.200. The standard InChI is InChI=1S/C19H26ClN3O2/c1-14-2-3-15(12-16(14)20)22-18(25)5-9-23-10-7-19(8-11-23)6-4-17(24)21-13-19/h2-3,12H,4-11,13H2,1H3,(H,21,24)(H,22,25). The summed E-state index contributed by atoms with van der Waals surface area (Å²) >= 11 is 6.09. The number of aryl methyl sites for hydroxylation is 1. The smallest absolute Gasteiger partial charge is 0.225 e. The van der Waals surface area contributed by atoms with Crippen LogP contribution in [0, 0.1) is 12.3 Å². The number of nitrogens with zero attached hydrogens (tertiary/aromatic N) is 1. The van der Waals surface area contributed by atoms with Crippen LogP contribution in [0.3, 0.4) is 0 Å². The molecule has 0 aliphatic carbocycles. The van der Waals surface area contributed by atoms with Gasteiger partial charge in [0.1, 0.15) is 0 Å². The third-order valence-corrected chi connectivity index (χ3v) is 5.98. The van der Waals surface area contributed by atoms with Crippen LogP contribution < -0.4 is 10.6 Å². The number of hydrogen-bond donors (Lipinski definition) is 2. The Morgan fingerprint density at radius 3 is 2.72 bits per heavy atom. The largest absolute Gasteiger partial charge is 0.356 e. The highest BCUT2D eigenvalue weighted by Crippen LogP contribution is 2.37. The fraction of sp³-hybridized carbons (Fsp3) is 0.579. The first-order chi connectivity index (χ1) is 12.0. The van der Waals surface area contributed by atoms with E-state index < -0.39 is 0 Å². The van der Waals surface area contributed by atoms with Gasteiger partial charge in [0.15, 0.2) is 0 Å². The molecule has 0 aromatic heterocycles. The Morgan fingerprint density at radius 1 is 1.32 bits per heavy atom. The molecule has 0 saturated carbocycles. The Bertz CT molecular complexity index is 642. The minimum atomic E-state index is 0.0186. The topological polar surface area (TPSA) is 61.4 Å². The molecule has 2 aliphatic heterocycles. The average Bonchev–Trinajstić information content (AvgIpc) is 2.61. The van der Waals surface area contributed by atoms with Crippen molar-refractivity contribution in [3.63, 3.8) is 0 Å². The molecule has 0 unspecified atom stereocenters. The number of nitrogens with one attached hydrogen (secondary N) is 2. The minimum absolute atomic E-state index is 0.0186. The third-order valence-electron chi connectivity index (χ3n) is 5.57. The molecule has 3 rings (SSSR count). The summed E-state index contributed by atoms with van der Waals surface area (Å²) in [5.41, 5.74) is 2.03.